The first-order valence-corrected chi connectivity index (χ1v) is 4.81. The van der Waals surface area contributed by atoms with E-state index in [1.54, 1.807) is 0 Å². The maximum atomic E-state index is 8.81. The van der Waals surface area contributed by atoms with Gasteiger partial charge in [-0.15, -0.1) is 0 Å². The monoisotopic (exact) mass is 233 g/mol. The van der Waals surface area contributed by atoms with Crippen molar-refractivity contribution in [3.63, 3.8) is 0 Å². The Bertz CT molecular complexity index is 379. The molecule has 0 N–H and O–H groups in total. The molecule has 68 valence electrons. The topological polar surface area (TPSA) is 23.8 Å². The highest BCUT2D eigenvalue weighted by Crippen LogP contribution is 2.33. The minimum absolute atomic E-state index is 0.355. The van der Waals surface area contributed by atoms with Crippen LogP contribution in [0.3, 0.4) is 0 Å². The Morgan fingerprint density at radius 1 is 1.31 bits per heavy atom. The van der Waals surface area contributed by atoms with Gasteiger partial charge in [-0.25, -0.2) is 0 Å². The van der Waals surface area contributed by atoms with Crippen LogP contribution in [0.15, 0.2) is 6.07 Å². The summed E-state index contributed by atoms with van der Waals surface area (Å²) in [4.78, 5) is 0. The molecule has 1 aromatic rings. The van der Waals surface area contributed by atoms with Gasteiger partial charge in [-0.3, -0.25) is 0 Å². The third-order valence-corrected chi connectivity index (χ3v) is 2.86. The molecule has 13 heavy (non-hydrogen) atoms. The van der Waals surface area contributed by atoms with Crippen molar-refractivity contribution in [1.82, 2.24) is 0 Å². The average Bonchev–Trinajstić information content (AvgIpc) is 2.10. The van der Waals surface area contributed by atoms with E-state index in [2.05, 4.69) is 0 Å². The highest BCUT2D eigenvalue weighted by Gasteiger charge is 2.12. The first kappa shape index (κ1) is 10.7. The number of benzene rings is 1. The maximum absolute atomic E-state index is 8.81. The molecule has 0 aliphatic carbocycles. The molecule has 0 saturated carbocycles. The Morgan fingerprint density at radius 2 is 1.92 bits per heavy atom. The third kappa shape index (κ3) is 1.91. The fraction of sp³-hybridized carbons (Fsp3) is 0.222. The first-order valence-electron chi connectivity index (χ1n) is 3.68. The second-order valence-corrected chi connectivity index (χ2v) is 3.67. The van der Waals surface area contributed by atoms with Crippen LogP contribution in [0.5, 0.6) is 0 Å². The SMILES string of the molecule is CCc1c(Cl)c(Cl)cc(Cl)c1C#N. The Hall–Kier alpha value is -0.420. The van der Waals surface area contributed by atoms with Crippen LogP contribution < -0.4 is 0 Å². The predicted octanol–water partition coefficient (Wildman–Crippen LogP) is 4.08. The molecule has 0 aromatic heterocycles. The van der Waals surface area contributed by atoms with Gasteiger partial charge in [0, 0.05) is 0 Å². The zero-order chi connectivity index (χ0) is 10.0. The fourth-order valence-electron chi connectivity index (χ4n) is 1.10. The van der Waals surface area contributed by atoms with Gasteiger partial charge in [0.2, 0.25) is 0 Å². The second kappa shape index (κ2) is 4.19. The summed E-state index contributed by atoms with van der Waals surface area (Å²) in [5.41, 5.74) is 1.13. The van der Waals surface area contributed by atoms with Crippen molar-refractivity contribution in [3.05, 3.63) is 32.3 Å². The molecule has 1 rings (SSSR count). The van der Waals surface area contributed by atoms with Crippen LogP contribution in [0.2, 0.25) is 15.1 Å². The lowest BCUT2D eigenvalue weighted by Crippen LogP contribution is -1.91. The molecule has 0 fully saturated rings. The zero-order valence-corrected chi connectivity index (χ0v) is 9.13. The van der Waals surface area contributed by atoms with E-state index in [-0.39, 0.29) is 0 Å². The molecule has 0 unspecified atom stereocenters. The van der Waals surface area contributed by atoms with Gasteiger partial charge in [0.15, 0.2) is 0 Å². The van der Waals surface area contributed by atoms with Crippen LogP contribution in [0, 0.1) is 11.3 Å². The summed E-state index contributed by atoms with van der Waals surface area (Å²) in [6.07, 6.45) is 0.641. The highest BCUT2D eigenvalue weighted by atomic mass is 35.5. The molecule has 1 nitrogen and oxygen atoms in total. The Labute approximate surface area is 91.8 Å². The fourth-order valence-corrected chi connectivity index (χ4v) is 1.92. The van der Waals surface area contributed by atoms with Gasteiger partial charge in [-0.05, 0) is 18.1 Å². The summed E-state index contributed by atoms with van der Waals surface area (Å²) in [5.74, 6) is 0. The molecule has 0 atom stereocenters. The lowest BCUT2D eigenvalue weighted by molar-refractivity contribution is 1.13. The number of nitriles is 1. The van der Waals surface area contributed by atoms with Crippen molar-refractivity contribution in [2.24, 2.45) is 0 Å². The van der Waals surface area contributed by atoms with Gasteiger partial charge in [-0.2, -0.15) is 5.26 Å². The van der Waals surface area contributed by atoms with Crippen molar-refractivity contribution >= 4 is 34.8 Å². The van der Waals surface area contributed by atoms with Gasteiger partial charge in [0.05, 0.1) is 20.6 Å². The first-order chi connectivity index (χ1) is 6.11. The van der Waals surface area contributed by atoms with Gasteiger partial charge in [-0.1, -0.05) is 41.7 Å². The summed E-state index contributed by atoms with van der Waals surface area (Å²) in [6.45, 7) is 1.90. The maximum Gasteiger partial charge on any atom is 0.101 e. The quantitative estimate of drug-likeness (QED) is 0.672. The van der Waals surface area contributed by atoms with Crippen LogP contribution in [-0.4, -0.2) is 0 Å². The molecule has 0 bridgehead atoms. The number of rotatable bonds is 1. The number of hydrogen-bond acceptors (Lipinski definition) is 1. The largest absolute Gasteiger partial charge is 0.192 e. The molecule has 0 heterocycles. The van der Waals surface area contributed by atoms with Gasteiger partial charge in [0.25, 0.3) is 0 Å². The molecule has 0 spiro atoms. The van der Waals surface area contributed by atoms with E-state index in [9.17, 15) is 0 Å². The van der Waals surface area contributed by atoms with Crippen molar-refractivity contribution in [1.29, 1.82) is 5.26 Å². The average molecular weight is 235 g/mol. The normalized spacial score (nSPS) is 9.77. The van der Waals surface area contributed by atoms with Crippen molar-refractivity contribution in [3.8, 4) is 6.07 Å². The molecule has 0 aliphatic rings. The van der Waals surface area contributed by atoms with E-state index in [1.807, 2.05) is 13.0 Å². The summed E-state index contributed by atoms with van der Waals surface area (Å²) >= 11 is 17.5. The van der Waals surface area contributed by atoms with E-state index in [0.717, 1.165) is 0 Å². The Kier molecular flexibility index (Phi) is 3.44. The molecule has 0 amide bonds. The zero-order valence-electron chi connectivity index (χ0n) is 6.87. The standard InChI is InChI=1S/C9H6Cl3N/c1-2-5-6(4-13)7(10)3-8(11)9(5)12/h3H,2H2,1H3. The van der Waals surface area contributed by atoms with Crippen molar-refractivity contribution in [2.75, 3.05) is 0 Å². The number of halogens is 3. The molecule has 0 aliphatic heterocycles. The van der Waals surface area contributed by atoms with E-state index in [4.69, 9.17) is 40.1 Å². The van der Waals surface area contributed by atoms with Gasteiger partial charge < -0.3 is 0 Å². The van der Waals surface area contributed by atoms with Crippen LogP contribution in [0.4, 0.5) is 0 Å². The minimum Gasteiger partial charge on any atom is -0.192 e. The van der Waals surface area contributed by atoms with E-state index >= 15 is 0 Å². The third-order valence-electron chi connectivity index (χ3n) is 1.73. The van der Waals surface area contributed by atoms with E-state index < -0.39 is 0 Å². The minimum atomic E-state index is 0.355. The van der Waals surface area contributed by atoms with Crippen LogP contribution in [-0.2, 0) is 6.42 Å². The Morgan fingerprint density at radius 3 is 2.38 bits per heavy atom. The summed E-state index contributed by atoms with van der Waals surface area (Å²) in [6, 6.07) is 3.50. The summed E-state index contributed by atoms with van der Waals surface area (Å²) in [7, 11) is 0. The molecule has 1 aromatic carbocycles. The van der Waals surface area contributed by atoms with Crippen LogP contribution in [0.1, 0.15) is 18.1 Å². The van der Waals surface area contributed by atoms with Crippen molar-refractivity contribution < 1.29 is 0 Å². The lowest BCUT2D eigenvalue weighted by atomic mass is 10.1. The molecule has 4 heteroatoms. The van der Waals surface area contributed by atoms with E-state index in [0.29, 0.717) is 32.6 Å². The molecule has 0 radical (unpaired) electrons. The summed E-state index contributed by atoms with van der Waals surface area (Å²) < 4.78 is 0. The lowest BCUT2D eigenvalue weighted by Gasteiger charge is -2.07. The number of nitrogens with zero attached hydrogens (tertiary/aromatic N) is 1. The highest BCUT2D eigenvalue weighted by molar-refractivity contribution is 6.44. The molecule has 0 saturated heterocycles. The summed E-state index contributed by atoms with van der Waals surface area (Å²) in [5, 5.41) is 9.98. The number of hydrogen-bond donors (Lipinski definition) is 0. The van der Waals surface area contributed by atoms with Crippen molar-refractivity contribution in [2.45, 2.75) is 13.3 Å². The predicted molar refractivity (Wildman–Crippen MR) is 55.6 cm³/mol. The van der Waals surface area contributed by atoms with Gasteiger partial charge >= 0.3 is 0 Å². The Balaban J connectivity index is 3.53. The van der Waals surface area contributed by atoms with Crippen LogP contribution in [0.25, 0.3) is 0 Å². The smallest absolute Gasteiger partial charge is 0.101 e. The second-order valence-electron chi connectivity index (χ2n) is 2.47. The molecular weight excluding hydrogens is 228 g/mol. The molecular formula is C9H6Cl3N. The van der Waals surface area contributed by atoms with E-state index in [1.165, 1.54) is 6.07 Å². The van der Waals surface area contributed by atoms with Gasteiger partial charge in [0.1, 0.15) is 6.07 Å². The van der Waals surface area contributed by atoms with Crippen LogP contribution >= 0.6 is 34.8 Å².